The Hall–Kier alpha value is -3.36. The zero-order valence-electron chi connectivity index (χ0n) is 18.5. The van der Waals surface area contributed by atoms with Crippen LogP contribution in [-0.4, -0.2) is 48.3 Å². The predicted octanol–water partition coefficient (Wildman–Crippen LogP) is 2.37. The number of fused-ring (bicyclic) bond motifs is 1. The van der Waals surface area contributed by atoms with Gasteiger partial charge < -0.3 is 10.1 Å². The predicted molar refractivity (Wildman–Crippen MR) is 123 cm³/mol. The fourth-order valence-electron chi connectivity index (χ4n) is 4.02. The van der Waals surface area contributed by atoms with E-state index >= 15 is 0 Å². The van der Waals surface area contributed by atoms with Crippen LogP contribution in [0.25, 0.3) is 10.9 Å². The number of aromatic amines is 1. The second kappa shape index (κ2) is 9.84. The van der Waals surface area contributed by atoms with Crippen LogP contribution in [-0.2, 0) is 26.1 Å². The molecule has 0 saturated carbocycles. The van der Waals surface area contributed by atoms with Gasteiger partial charge >= 0.3 is 0 Å². The quantitative estimate of drug-likeness (QED) is 0.421. The summed E-state index contributed by atoms with van der Waals surface area (Å²) in [6.45, 7) is 5.95. The van der Waals surface area contributed by atoms with Crippen molar-refractivity contribution in [3.63, 3.8) is 0 Å². The zero-order chi connectivity index (χ0) is 22.5. The van der Waals surface area contributed by atoms with Crippen molar-refractivity contribution in [1.29, 1.82) is 0 Å². The Morgan fingerprint density at radius 3 is 2.69 bits per heavy atom. The van der Waals surface area contributed by atoms with Crippen LogP contribution in [0, 0.1) is 13.8 Å². The highest BCUT2D eigenvalue weighted by molar-refractivity contribution is 5.83. The van der Waals surface area contributed by atoms with Crippen LogP contribution in [0.4, 0.5) is 0 Å². The van der Waals surface area contributed by atoms with E-state index in [2.05, 4.69) is 38.7 Å². The van der Waals surface area contributed by atoms with Gasteiger partial charge in [0.25, 0.3) is 5.56 Å². The monoisotopic (exact) mass is 432 g/mol. The Balaban J connectivity index is 1.52. The molecule has 0 amide bonds. The molecule has 4 rings (SSSR count). The molecule has 8 nitrogen and oxygen atoms in total. The van der Waals surface area contributed by atoms with Gasteiger partial charge in [-0.25, -0.2) is 4.68 Å². The molecule has 0 bridgehead atoms. The molecule has 0 atom stereocenters. The molecule has 8 heteroatoms. The van der Waals surface area contributed by atoms with E-state index in [-0.39, 0.29) is 12.2 Å². The van der Waals surface area contributed by atoms with E-state index in [0.29, 0.717) is 37.6 Å². The molecule has 2 N–H and O–H groups in total. The van der Waals surface area contributed by atoms with Crippen LogP contribution in [0.15, 0.2) is 53.3 Å². The first-order valence-electron chi connectivity index (χ1n) is 10.8. The van der Waals surface area contributed by atoms with Crippen LogP contribution in [0.1, 0.15) is 28.1 Å². The average Bonchev–Trinajstić information content (AvgIpc) is 3.21. The van der Waals surface area contributed by atoms with Gasteiger partial charge in [0.05, 0.1) is 13.2 Å². The largest absolute Gasteiger partial charge is 0.395 e. The van der Waals surface area contributed by atoms with Crippen LogP contribution in [0.5, 0.6) is 0 Å². The molecule has 166 valence electrons. The molecule has 2 aromatic carbocycles. The summed E-state index contributed by atoms with van der Waals surface area (Å²) in [6.07, 6.45) is 0.821. The fraction of sp³-hybridized carbons (Fsp3) is 0.333. The summed E-state index contributed by atoms with van der Waals surface area (Å²) in [4.78, 5) is 17.7. The second-order valence-electron chi connectivity index (χ2n) is 8.15. The molecule has 0 spiro atoms. The van der Waals surface area contributed by atoms with E-state index in [1.54, 1.807) is 4.68 Å². The van der Waals surface area contributed by atoms with E-state index in [4.69, 9.17) is 0 Å². The van der Waals surface area contributed by atoms with E-state index in [9.17, 15) is 9.90 Å². The third kappa shape index (κ3) is 5.09. The van der Waals surface area contributed by atoms with Crippen molar-refractivity contribution in [2.75, 3.05) is 13.2 Å². The Bertz CT molecular complexity index is 1250. The number of nitrogens with one attached hydrogen (secondary N) is 1. The number of hydrogen-bond donors (Lipinski definition) is 2. The van der Waals surface area contributed by atoms with Gasteiger partial charge in [0, 0.05) is 36.1 Å². The zero-order valence-corrected chi connectivity index (χ0v) is 18.5. The minimum absolute atomic E-state index is 0.0186. The number of aryl methyl sites for hydroxylation is 4. The molecular weight excluding hydrogens is 404 g/mol. The summed E-state index contributed by atoms with van der Waals surface area (Å²) in [5.74, 6) is 0.707. The lowest BCUT2D eigenvalue weighted by atomic mass is 10.0. The SMILES string of the molecule is Cc1cc(C)c2cc(CN(CCO)Cc3nnnn3CCc3ccccc3)c(=O)[nH]c2c1. The topological polar surface area (TPSA) is 99.9 Å². The number of aromatic nitrogens is 5. The molecular formula is C24H28N6O2. The molecule has 2 heterocycles. The van der Waals surface area contributed by atoms with Crippen molar-refractivity contribution in [2.24, 2.45) is 0 Å². The number of pyridine rings is 1. The maximum Gasteiger partial charge on any atom is 0.252 e. The molecule has 0 aliphatic heterocycles. The molecule has 32 heavy (non-hydrogen) atoms. The van der Waals surface area contributed by atoms with Gasteiger partial charge in [0.2, 0.25) is 0 Å². The number of aliphatic hydroxyl groups excluding tert-OH is 1. The molecule has 0 unspecified atom stereocenters. The lowest BCUT2D eigenvalue weighted by Gasteiger charge is -2.21. The molecule has 0 saturated heterocycles. The Morgan fingerprint density at radius 2 is 1.91 bits per heavy atom. The second-order valence-corrected chi connectivity index (χ2v) is 8.15. The minimum atomic E-state index is -0.117. The summed E-state index contributed by atoms with van der Waals surface area (Å²) >= 11 is 0. The summed E-state index contributed by atoms with van der Waals surface area (Å²) in [5.41, 5.74) is 4.83. The van der Waals surface area contributed by atoms with Gasteiger partial charge in [-0.1, -0.05) is 36.4 Å². The number of aliphatic hydroxyl groups is 1. The van der Waals surface area contributed by atoms with Crippen molar-refractivity contribution in [1.82, 2.24) is 30.1 Å². The third-order valence-electron chi connectivity index (χ3n) is 5.63. The lowest BCUT2D eigenvalue weighted by Crippen LogP contribution is -2.30. The van der Waals surface area contributed by atoms with E-state index in [1.807, 2.05) is 49.1 Å². The summed E-state index contributed by atoms with van der Waals surface area (Å²) in [7, 11) is 0. The summed E-state index contributed by atoms with van der Waals surface area (Å²) in [6, 6.07) is 16.2. The van der Waals surface area contributed by atoms with Crippen molar-refractivity contribution < 1.29 is 5.11 Å². The normalized spacial score (nSPS) is 11.5. The molecule has 0 radical (unpaired) electrons. The molecule has 0 aliphatic rings. The van der Waals surface area contributed by atoms with Crippen molar-refractivity contribution in [2.45, 2.75) is 39.9 Å². The van der Waals surface area contributed by atoms with E-state index in [0.717, 1.165) is 28.5 Å². The van der Waals surface area contributed by atoms with Gasteiger partial charge in [-0.15, -0.1) is 5.10 Å². The van der Waals surface area contributed by atoms with Crippen molar-refractivity contribution in [3.8, 4) is 0 Å². The highest BCUT2D eigenvalue weighted by atomic mass is 16.3. The minimum Gasteiger partial charge on any atom is -0.395 e. The van der Waals surface area contributed by atoms with Crippen molar-refractivity contribution >= 4 is 10.9 Å². The number of tetrazole rings is 1. The number of hydrogen-bond acceptors (Lipinski definition) is 6. The maximum atomic E-state index is 12.7. The number of rotatable bonds is 9. The van der Waals surface area contributed by atoms with E-state index in [1.165, 1.54) is 5.56 Å². The van der Waals surface area contributed by atoms with Gasteiger partial charge in [-0.3, -0.25) is 9.69 Å². The first-order chi connectivity index (χ1) is 15.5. The highest BCUT2D eigenvalue weighted by Gasteiger charge is 2.15. The molecule has 2 aromatic heterocycles. The van der Waals surface area contributed by atoms with Gasteiger partial charge in [-0.2, -0.15) is 0 Å². The fourth-order valence-corrected chi connectivity index (χ4v) is 4.02. The third-order valence-corrected chi connectivity index (χ3v) is 5.63. The molecule has 4 aromatic rings. The van der Waals surface area contributed by atoms with Crippen LogP contribution < -0.4 is 5.56 Å². The first-order valence-corrected chi connectivity index (χ1v) is 10.8. The smallest absolute Gasteiger partial charge is 0.252 e. The summed E-state index contributed by atoms with van der Waals surface area (Å²) in [5, 5.41) is 22.8. The first kappa shape index (κ1) is 21.9. The Morgan fingerprint density at radius 1 is 1.09 bits per heavy atom. The van der Waals surface area contributed by atoms with Gasteiger partial charge in [0.1, 0.15) is 0 Å². The molecule has 0 aliphatic carbocycles. The molecule has 0 fully saturated rings. The summed E-state index contributed by atoms with van der Waals surface area (Å²) < 4.78 is 1.79. The van der Waals surface area contributed by atoms with E-state index < -0.39 is 0 Å². The standard InChI is InChI=1S/C24H28N6O2/c1-17-12-18(2)21-14-20(24(32)25-22(21)13-17)15-29(10-11-31)16-23-26-27-28-30(23)9-8-19-6-4-3-5-7-19/h3-7,12-14,31H,8-11,15-16H2,1-2H3,(H,25,32). The Labute approximate surface area is 186 Å². The van der Waals surface area contributed by atoms with Crippen LogP contribution in [0.3, 0.4) is 0 Å². The highest BCUT2D eigenvalue weighted by Crippen LogP contribution is 2.19. The van der Waals surface area contributed by atoms with Crippen LogP contribution in [0.2, 0.25) is 0 Å². The lowest BCUT2D eigenvalue weighted by molar-refractivity contribution is 0.178. The Kier molecular flexibility index (Phi) is 6.72. The van der Waals surface area contributed by atoms with Gasteiger partial charge in [0.15, 0.2) is 5.82 Å². The number of benzene rings is 2. The average molecular weight is 433 g/mol. The number of nitrogens with zero attached hydrogens (tertiary/aromatic N) is 5. The van der Waals surface area contributed by atoms with Crippen LogP contribution >= 0.6 is 0 Å². The maximum absolute atomic E-state index is 12.7. The van der Waals surface area contributed by atoms with Gasteiger partial charge in [-0.05, 0) is 59.5 Å². The number of H-pyrrole nitrogens is 1. The van der Waals surface area contributed by atoms with Crippen molar-refractivity contribution in [3.05, 3.63) is 87.0 Å².